The minimum atomic E-state index is -0.179. The van der Waals surface area contributed by atoms with Crippen LogP contribution in [0.15, 0.2) is 41.0 Å². The molecule has 1 unspecified atom stereocenters. The maximum absolute atomic E-state index is 12.5. The van der Waals surface area contributed by atoms with E-state index in [-0.39, 0.29) is 17.9 Å². The minimum absolute atomic E-state index is 0.0897. The summed E-state index contributed by atoms with van der Waals surface area (Å²) in [7, 11) is 0. The van der Waals surface area contributed by atoms with Gasteiger partial charge in [-0.25, -0.2) is 0 Å². The van der Waals surface area contributed by atoms with Gasteiger partial charge in [0.05, 0.1) is 6.26 Å². The molecular formula is C17H17N5O3. The Morgan fingerprint density at radius 2 is 2.12 bits per heavy atom. The molecule has 1 fully saturated rings. The summed E-state index contributed by atoms with van der Waals surface area (Å²) in [5.41, 5.74) is 1.88. The summed E-state index contributed by atoms with van der Waals surface area (Å²) < 4.78 is 5.17. The summed E-state index contributed by atoms with van der Waals surface area (Å²) in [5.74, 6) is -0.00127. The van der Waals surface area contributed by atoms with Crippen LogP contribution in [0.4, 0.5) is 0 Å². The van der Waals surface area contributed by atoms with E-state index in [4.69, 9.17) is 4.42 Å². The topological polar surface area (TPSA) is 104 Å². The van der Waals surface area contributed by atoms with E-state index < -0.39 is 0 Å². The summed E-state index contributed by atoms with van der Waals surface area (Å²) in [6, 6.07) is 8.42. The second-order valence-electron chi connectivity index (χ2n) is 6.07. The third-order valence-corrected chi connectivity index (χ3v) is 4.35. The molecule has 4 rings (SSSR count). The molecule has 0 bridgehead atoms. The smallest absolute Gasteiger partial charge is 0.289 e. The van der Waals surface area contributed by atoms with Crippen molar-refractivity contribution in [2.45, 2.75) is 18.9 Å². The SMILES string of the molecule is O=C(NC1CCCN(C(=O)c2ccco2)C1)c1ccc2n[nH]nc2c1. The Balaban J connectivity index is 1.43. The number of nitrogens with zero attached hydrogens (tertiary/aromatic N) is 3. The molecule has 0 saturated carbocycles. The predicted molar refractivity (Wildman–Crippen MR) is 89.0 cm³/mol. The molecule has 1 saturated heterocycles. The number of aromatic nitrogens is 3. The van der Waals surface area contributed by atoms with Gasteiger partial charge in [0, 0.05) is 24.7 Å². The standard InChI is InChI=1S/C17H17N5O3/c23-16(11-5-6-13-14(9-11)20-21-19-13)18-12-3-1-7-22(10-12)17(24)15-4-2-8-25-15/h2,4-6,8-9,12H,1,3,7,10H2,(H,18,23)(H,19,20,21). The van der Waals surface area contributed by atoms with E-state index in [1.54, 1.807) is 35.2 Å². The van der Waals surface area contributed by atoms with Crippen molar-refractivity contribution in [1.82, 2.24) is 25.6 Å². The van der Waals surface area contributed by atoms with Gasteiger partial charge in [-0.2, -0.15) is 15.4 Å². The Labute approximate surface area is 143 Å². The first kappa shape index (κ1) is 15.4. The molecule has 1 aromatic carbocycles. The van der Waals surface area contributed by atoms with Crippen LogP contribution in [0.2, 0.25) is 0 Å². The maximum Gasteiger partial charge on any atom is 0.289 e. The number of hydrogen-bond donors (Lipinski definition) is 2. The fraction of sp³-hybridized carbons (Fsp3) is 0.294. The average Bonchev–Trinajstić information content (AvgIpc) is 3.32. The lowest BCUT2D eigenvalue weighted by atomic mass is 10.0. The zero-order valence-electron chi connectivity index (χ0n) is 13.4. The summed E-state index contributed by atoms with van der Waals surface area (Å²) in [4.78, 5) is 26.6. The quantitative estimate of drug-likeness (QED) is 0.754. The first-order chi connectivity index (χ1) is 12.2. The molecule has 3 aromatic rings. The predicted octanol–water partition coefficient (Wildman–Crippen LogP) is 1.59. The number of carbonyl (C=O) groups excluding carboxylic acids is 2. The molecule has 2 N–H and O–H groups in total. The molecule has 0 spiro atoms. The van der Waals surface area contributed by atoms with Crippen molar-refractivity contribution in [2.75, 3.05) is 13.1 Å². The van der Waals surface area contributed by atoms with Crippen LogP contribution in [-0.4, -0.2) is 51.3 Å². The Bertz CT molecular complexity index is 902. The van der Waals surface area contributed by atoms with Crippen LogP contribution in [0.25, 0.3) is 11.0 Å². The molecule has 1 aliphatic rings. The third-order valence-electron chi connectivity index (χ3n) is 4.35. The van der Waals surface area contributed by atoms with Gasteiger partial charge < -0.3 is 14.6 Å². The van der Waals surface area contributed by atoms with Crippen LogP contribution in [0.1, 0.15) is 33.8 Å². The van der Waals surface area contributed by atoms with Crippen LogP contribution in [0.5, 0.6) is 0 Å². The van der Waals surface area contributed by atoms with Crippen LogP contribution in [0.3, 0.4) is 0 Å². The highest BCUT2D eigenvalue weighted by Gasteiger charge is 2.27. The highest BCUT2D eigenvalue weighted by molar-refractivity contribution is 5.97. The third kappa shape index (κ3) is 3.10. The number of rotatable bonds is 3. The molecule has 8 heteroatoms. The van der Waals surface area contributed by atoms with Crippen molar-refractivity contribution < 1.29 is 14.0 Å². The first-order valence-corrected chi connectivity index (χ1v) is 8.15. The number of carbonyl (C=O) groups is 2. The fourth-order valence-corrected chi connectivity index (χ4v) is 3.09. The van der Waals surface area contributed by atoms with Gasteiger partial charge in [-0.3, -0.25) is 9.59 Å². The Morgan fingerprint density at radius 3 is 2.96 bits per heavy atom. The number of amides is 2. The number of likely N-dealkylation sites (tertiary alicyclic amines) is 1. The lowest BCUT2D eigenvalue weighted by Gasteiger charge is -2.32. The van der Waals surface area contributed by atoms with E-state index in [0.717, 1.165) is 12.8 Å². The molecule has 128 valence electrons. The van der Waals surface area contributed by atoms with Crippen molar-refractivity contribution in [3.8, 4) is 0 Å². The van der Waals surface area contributed by atoms with Gasteiger partial charge >= 0.3 is 0 Å². The summed E-state index contributed by atoms with van der Waals surface area (Å²) in [5, 5.41) is 13.5. The van der Waals surface area contributed by atoms with Crippen molar-refractivity contribution in [1.29, 1.82) is 0 Å². The molecule has 1 aliphatic heterocycles. The van der Waals surface area contributed by atoms with Gasteiger partial charge in [0.1, 0.15) is 11.0 Å². The van der Waals surface area contributed by atoms with E-state index in [9.17, 15) is 9.59 Å². The summed E-state index contributed by atoms with van der Waals surface area (Å²) in [6.45, 7) is 1.13. The zero-order chi connectivity index (χ0) is 17.2. The number of hydrogen-bond acceptors (Lipinski definition) is 5. The van der Waals surface area contributed by atoms with Gasteiger partial charge in [-0.15, -0.1) is 0 Å². The van der Waals surface area contributed by atoms with Crippen molar-refractivity contribution in [3.63, 3.8) is 0 Å². The molecular weight excluding hydrogens is 322 g/mol. The first-order valence-electron chi connectivity index (χ1n) is 8.15. The lowest BCUT2D eigenvalue weighted by Crippen LogP contribution is -2.49. The van der Waals surface area contributed by atoms with E-state index in [1.165, 1.54) is 6.26 Å². The highest BCUT2D eigenvalue weighted by Crippen LogP contribution is 2.16. The fourth-order valence-electron chi connectivity index (χ4n) is 3.09. The Hall–Kier alpha value is -3.16. The van der Waals surface area contributed by atoms with Gasteiger partial charge in [0.2, 0.25) is 0 Å². The van der Waals surface area contributed by atoms with Crippen molar-refractivity contribution in [3.05, 3.63) is 47.9 Å². The lowest BCUT2D eigenvalue weighted by molar-refractivity contribution is 0.0647. The number of H-pyrrole nitrogens is 1. The monoisotopic (exact) mass is 339 g/mol. The van der Waals surface area contributed by atoms with Crippen molar-refractivity contribution >= 4 is 22.8 Å². The minimum Gasteiger partial charge on any atom is -0.459 e. The van der Waals surface area contributed by atoms with Gasteiger partial charge in [0.15, 0.2) is 5.76 Å². The normalized spacial score (nSPS) is 17.6. The number of benzene rings is 1. The van der Waals surface area contributed by atoms with Crippen LogP contribution in [-0.2, 0) is 0 Å². The molecule has 25 heavy (non-hydrogen) atoms. The van der Waals surface area contributed by atoms with Crippen LogP contribution >= 0.6 is 0 Å². The average molecular weight is 339 g/mol. The molecule has 2 aromatic heterocycles. The van der Waals surface area contributed by atoms with E-state index in [2.05, 4.69) is 20.7 Å². The summed E-state index contributed by atoms with van der Waals surface area (Å²) >= 11 is 0. The number of piperidine rings is 1. The van der Waals surface area contributed by atoms with E-state index in [1.807, 2.05) is 0 Å². The number of aromatic amines is 1. The number of nitrogens with one attached hydrogen (secondary N) is 2. The second-order valence-corrected chi connectivity index (χ2v) is 6.07. The molecule has 1 atom stereocenters. The molecule has 3 heterocycles. The van der Waals surface area contributed by atoms with E-state index >= 15 is 0 Å². The van der Waals surface area contributed by atoms with Crippen LogP contribution in [0, 0.1) is 0 Å². The number of fused-ring (bicyclic) bond motifs is 1. The zero-order valence-corrected chi connectivity index (χ0v) is 13.4. The number of furan rings is 1. The summed E-state index contributed by atoms with van der Waals surface area (Å²) in [6.07, 6.45) is 3.15. The molecule has 8 nitrogen and oxygen atoms in total. The van der Waals surface area contributed by atoms with Gasteiger partial charge in [-0.05, 0) is 43.2 Å². The molecule has 0 radical (unpaired) electrons. The largest absolute Gasteiger partial charge is 0.459 e. The van der Waals surface area contributed by atoms with Crippen LogP contribution < -0.4 is 5.32 Å². The van der Waals surface area contributed by atoms with Gasteiger partial charge in [-0.1, -0.05) is 0 Å². The second kappa shape index (κ2) is 6.39. The maximum atomic E-state index is 12.5. The molecule has 2 amide bonds. The Morgan fingerprint density at radius 1 is 1.24 bits per heavy atom. The van der Waals surface area contributed by atoms with E-state index in [0.29, 0.717) is 35.4 Å². The highest BCUT2D eigenvalue weighted by atomic mass is 16.3. The van der Waals surface area contributed by atoms with Gasteiger partial charge in [0.25, 0.3) is 11.8 Å². The molecule has 0 aliphatic carbocycles. The van der Waals surface area contributed by atoms with Crippen molar-refractivity contribution in [2.24, 2.45) is 0 Å². The Kier molecular flexibility index (Phi) is 3.93.